The first-order valence-electron chi connectivity index (χ1n) is 17.6. The average Bonchev–Trinajstić information content (AvgIpc) is 3.86. The van der Waals surface area contributed by atoms with Gasteiger partial charge in [0.15, 0.2) is 0 Å². The second kappa shape index (κ2) is 11.2. The molecular formula is C45H33N5O. The van der Waals surface area contributed by atoms with Gasteiger partial charge in [0.25, 0.3) is 0 Å². The highest BCUT2D eigenvalue weighted by atomic mass is 16.3. The predicted octanol–water partition coefficient (Wildman–Crippen LogP) is 10.4. The number of hydrogen-bond donors (Lipinski definition) is 3. The molecule has 10 aromatic rings. The SMILES string of the molecule is c1ccc(C2NC(c3ccccc3)NC(n3c4ccc5oc6ccccc6c5c4c4c5c(ccc43)c3ccccc3n5-c3ccccc3)N2)cc1. The van der Waals surface area contributed by atoms with Gasteiger partial charge < -0.3 is 13.6 Å². The number of benzene rings is 7. The van der Waals surface area contributed by atoms with Crippen molar-refractivity contribution in [2.45, 2.75) is 18.6 Å². The zero-order valence-corrected chi connectivity index (χ0v) is 27.6. The summed E-state index contributed by atoms with van der Waals surface area (Å²) in [4.78, 5) is 0. The van der Waals surface area contributed by atoms with Crippen LogP contribution < -0.4 is 16.0 Å². The molecule has 244 valence electrons. The molecule has 1 fully saturated rings. The van der Waals surface area contributed by atoms with Crippen molar-refractivity contribution < 1.29 is 4.42 Å². The summed E-state index contributed by atoms with van der Waals surface area (Å²) in [5.41, 5.74) is 9.92. The van der Waals surface area contributed by atoms with E-state index in [0.29, 0.717) is 0 Å². The molecule has 1 aliphatic heterocycles. The van der Waals surface area contributed by atoms with Crippen LogP contribution in [-0.2, 0) is 0 Å². The van der Waals surface area contributed by atoms with Crippen molar-refractivity contribution in [3.8, 4) is 5.69 Å². The molecule has 2 unspecified atom stereocenters. The molecule has 4 heterocycles. The van der Waals surface area contributed by atoms with Gasteiger partial charge >= 0.3 is 0 Å². The van der Waals surface area contributed by atoms with Crippen LogP contribution in [0, 0.1) is 0 Å². The molecule has 0 aliphatic carbocycles. The molecular weight excluding hydrogens is 627 g/mol. The van der Waals surface area contributed by atoms with Gasteiger partial charge in [0.1, 0.15) is 17.5 Å². The number of nitrogens with zero attached hydrogens (tertiary/aromatic N) is 2. The van der Waals surface area contributed by atoms with Crippen molar-refractivity contribution in [1.29, 1.82) is 0 Å². The van der Waals surface area contributed by atoms with Crippen molar-refractivity contribution in [3.05, 3.63) is 175 Å². The maximum atomic E-state index is 6.54. The summed E-state index contributed by atoms with van der Waals surface area (Å²) in [6.07, 6.45) is -0.467. The molecule has 3 aromatic heterocycles. The van der Waals surface area contributed by atoms with Crippen LogP contribution in [0.2, 0.25) is 0 Å². The molecule has 2 atom stereocenters. The first-order chi connectivity index (χ1) is 25.3. The molecule has 0 bridgehead atoms. The third-order valence-electron chi connectivity index (χ3n) is 10.6. The van der Waals surface area contributed by atoms with Crippen LogP contribution >= 0.6 is 0 Å². The number of fused-ring (bicyclic) bond motifs is 11. The topological polar surface area (TPSA) is 59.1 Å². The lowest BCUT2D eigenvalue weighted by Gasteiger charge is -2.40. The number of furan rings is 1. The van der Waals surface area contributed by atoms with E-state index in [1.807, 2.05) is 6.07 Å². The smallest absolute Gasteiger partial charge is 0.142 e. The van der Waals surface area contributed by atoms with E-state index < -0.39 is 0 Å². The lowest BCUT2D eigenvalue weighted by molar-refractivity contribution is 0.161. The number of aromatic nitrogens is 2. The third-order valence-corrected chi connectivity index (χ3v) is 10.6. The molecule has 51 heavy (non-hydrogen) atoms. The molecule has 6 heteroatoms. The minimum atomic E-state index is -0.260. The summed E-state index contributed by atoms with van der Waals surface area (Å²) < 4.78 is 11.5. The van der Waals surface area contributed by atoms with E-state index in [4.69, 9.17) is 4.42 Å². The maximum absolute atomic E-state index is 6.54. The van der Waals surface area contributed by atoms with E-state index in [2.05, 4.69) is 183 Å². The average molecular weight is 660 g/mol. The summed E-state index contributed by atoms with van der Waals surface area (Å²) >= 11 is 0. The van der Waals surface area contributed by atoms with Gasteiger partial charge in [-0.15, -0.1) is 0 Å². The number of rotatable bonds is 4. The summed E-state index contributed by atoms with van der Waals surface area (Å²) in [6, 6.07) is 58.2. The Kier molecular flexibility index (Phi) is 6.27. The molecule has 1 aliphatic rings. The minimum Gasteiger partial charge on any atom is -0.456 e. The van der Waals surface area contributed by atoms with Crippen LogP contribution in [0.3, 0.4) is 0 Å². The van der Waals surface area contributed by atoms with E-state index in [9.17, 15) is 0 Å². The molecule has 0 spiro atoms. The molecule has 7 aromatic carbocycles. The lowest BCUT2D eigenvalue weighted by atomic mass is 10.0. The first-order valence-corrected chi connectivity index (χ1v) is 17.6. The Balaban J connectivity index is 1.28. The fraction of sp³-hybridized carbons (Fsp3) is 0.0667. The molecule has 11 rings (SSSR count). The van der Waals surface area contributed by atoms with Gasteiger partial charge in [0.05, 0.1) is 34.4 Å². The van der Waals surface area contributed by atoms with E-state index in [0.717, 1.165) is 38.7 Å². The Bertz CT molecular complexity index is 2860. The number of para-hydroxylation sites is 3. The number of nitrogens with one attached hydrogen (secondary N) is 3. The fourth-order valence-electron chi connectivity index (χ4n) is 8.46. The quantitative estimate of drug-likeness (QED) is 0.176. The highest BCUT2D eigenvalue weighted by Gasteiger charge is 2.33. The van der Waals surface area contributed by atoms with Gasteiger partial charge in [0, 0.05) is 38.0 Å². The van der Waals surface area contributed by atoms with Crippen LogP contribution in [0.1, 0.15) is 29.7 Å². The fourth-order valence-corrected chi connectivity index (χ4v) is 8.46. The normalized spacial score (nSPS) is 18.2. The Morgan fingerprint density at radius 1 is 0.412 bits per heavy atom. The molecule has 1 saturated heterocycles. The molecule has 6 nitrogen and oxygen atoms in total. The monoisotopic (exact) mass is 659 g/mol. The summed E-state index contributed by atoms with van der Waals surface area (Å²) in [5, 5.41) is 18.9. The summed E-state index contributed by atoms with van der Waals surface area (Å²) in [7, 11) is 0. The van der Waals surface area contributed by atoms with Crippen molar-refractivity contribution in [2.24, 2.45) is 0 Å². The zero-order chi connectivity index (χ0) is 33.5. The number of hydrogen-bond acceptors (Lipinski definition) is 4. The Morgan fingerprint density at radius 3 is 1.73 bits per heavy atom. The van der Waals surface area contributed by atoms with Gasteiger partial charge in [-0.1, -0.05) is 121 Å². The maximum Gasteiger partial charge on any atom is 0.142 e. The van der Waals surface area contributed by atoms with E-state index in [1.54, 1.807) is 0 Å². The third kappa shape index (κ3) is 4.28. The molecule has 0 saturated carbocycles. The summed E-state index contributed by atoms with van der Waals surface area (Å²) in [6.45, 7) is 0. The molecule has 0 amide bonds. The minimum absolute atomic E-state index is 0.104. The van der Waals surface area contributed by atoms with Gasteiger partial charge in [-0.2, -0.15) is 0 Å². The molecule has 3 N–H and O–H groups in total. The predicted molar refractivity (Wildman–Crippen MR) is 208 cm³/mol. The van der Waals surface area contributed by atoms with Crippen molar-refractivity contribution in [2.75, 3.05) is 0 Å². The lowest BCUT2D eigenvalue weighted by Crippen LogP contribution is -2.56. The molecule has 0 radical (unpaired) electrons. The Morgan fingerprint density at radius 2 is 1.00 bits per heavy atom. The van der Waals surface area contributed by atoms with Crippen LogP contribution in [-0.4, -0.2) is 9.13 Å². The van der Waals surface area contributed by atoms with E-state index in [1.165, 1.54) is 43.7 Å². The van der Waals surface area contributed by atoms with Crippen molar-refractivity contribution in [1.82, 2.24) is 25.1 Å². The van der Waals surface area contributed by atoms with Gasteiger partial charge in [-0.25, -0.2) is 0 Å². The standard InChI is InChI=1S/C45H33N5O/c1-4-14-28(15-5-1)43-46-44(29-16-6-2-7-17-29)48-45(47-43)50-35-26-27-38-39(33-21-11-13-23-37(33)51-38)40(35)41-36(50)25-24-32-31-20-10-12-22-34(31)49(42(32)41)30-18-8-3-9-19-30/h1-27,43-48H. The van der Waals surface area contributed by atoms with Crippen LogP contribution in [0.15, 0.2) is 168 Å². The van der Waals surface area contributed by atoms with Gasteiger partial charge in [-0.3, -0.25) is 16.0 Å². The highest BCUT2D eigenvalue weighted by molar-refractivity contribution is 6.33. The zero-order valence-electron chi connectivity index (χ0n) is 27.6. The van der Waals surface area contributed by atoms with Gasteiger partial charge in [-0.05, 0) is 53.6 Å². The largest absolute Gasteiger partial charge is 0.456 e. The van der Waals surface area contributed by atoms with E-state index >= 15 is 0 Å². The van der Waals surface area contributed by atoms with Gasteiger partial charge in [0.2, 0.25) is 0 Å². The highest BCUT2D eigenvalue weighted by Crippen LogP contribution is 2.46. The first kappa shape index (κ1) is 28.6. The van der Waals surface area contributed by atoms with E-state index in [-0.39, 0.29) is 18.6 Å². The van der Waals surface area contributed by atoms with Crippen molar-refractivity contribution in [3.63, 3.8) is 0 Å². The van der Waals surface area contributed by atoms with Crippen LogP contribution in [0.5, 0.6) is 0 Å². The van der Waals surface area contributed by atoms with Crippen LogP contribution in [0.4, 0.5) is 0 Å². The Hall–Kier alpha value is -6.18. The second-order valence-corrected chi connectivity index (χ2v) is 13.4. The van der Waals surface area contributed by atoms with Crippen molar-refractivity contribution >= 4 is 65.6 Å². The second-order valence-electron chi connectivity index (χ2n) is 13.4. The Labute approximate surface area is 293 Å². The summed E-state index contributed by atoms with van der Waals surface area (Å²) in [5.74, 6) is 0. The van der Waals surface area contributed by atoms with Crippen LogP contribution in [0.25, 0.3) is 71.2 Å².